The molecule has 0 radical (unpaired) electrons. The molecule has 40 heavy (non-hydrogen) atoms. The Labute approximate surface area is 234 Å². The first-order chi connectivity index (χ1) is 19.4. The van der Waals surface area contributed by atoms with Gasteiger partial charge in [0.1, 0.15) is 5.82 Å². The molecule has 0 bridgehead atoms. The van der Waals surface area contributed by atoms with Crippen molar-refractivity contribution in [3.8, 4) is 11.3 Å². The second-order valence-corrected chi connectivity index (χ2v) is 10.3. The number of carbonyl (C=O) groups excluding carboxylic acids is 1. The van der Waals surface area contributed by atoms with Crippen LogP contribution in [-0.2, 0) is 24.2 Å². The Bertz CT molecular complexity index is 1470. The normalized spacial score (nSPS) is 14.2. The van der Waals surface area contributed by atoms with Gasteiger partial charge in [-0.3, -0.25) is 24.4 Å². The van der Waals surface area contributed by atoms with E-state index in [1.54, 1.807) is 18.6 Å². The van der Waals surface area contributed by atoms with E-state index in [-0.39, 0.29) is 12.3 Å². The average Bonchev–Trinajstić information content (AvgIpc) is 2.96. The molecule has 204 valence electrons. The van der Waals surface area contributed by atoms with Crippen LogP contribution in [0, 0.1) is 6.92 Å². The van der Waals surface area contributed by atoms with E-state index in [2.05, 4.69) is 33.9 Å². The Morgan fingerprint density at radius 1 is 0.900 bits per heavy atom. The zero-order chi connectivity index (χ0) is 27.9. The van der Waals surface area contributed by atoms with Crippen molar-refractivity contribution in [3.05, 3.63) is 113 Å². The zero-order valence-corrected chi connectivity index (χ0v) is 22.7. The minimum atomic E-state index is -0.781. The smallest absolute Gasteiger partial charge is 0.317 e. The fraction of sp³-hybridized carbons (Fsp3) is 0.281. The lowest BCUT2D eigenvalue weighted by atomic mass is 9.97. The first-order valence-corrected chi connectivity index (χ1v) is 13.5. The van der Waals surface area contributed by atoms with E-state index in [9.17, 15) is 9.59 Å². The van der Waals surface area contributed by atoms with Gasteiger partial charge in [-0.1, -0.05) is 42.5 Å². The predicted octanol–water partition coefficient (Wildman–Crippen LogP) is 4.07. The van der Waals surface area contributed by atoms with E-state index < -0.39 is 5.97 Å². The van der Waals surface area contributed by atoms with Gasteiger partial charge in [0.15, 0.2) is 5.78 Å². The number of piperazine rings is 1. The van der Waals surface area contributed by atoms with Gasteiger partial charge in [0, 0.05) is 75.3 Å². The van der Waals surface area contributed by atoms with Crippen molar-refractivity contribution in [2.45, 2.75) is 26.3 Å². The van der Waals surface area contributed by atoms with Crippen molar-refractivity contribution >= 4 is 11.8 Å². The highest BCUT2D eigenvalue weighted by Gasteiger charge is 2.19. The summed E-state index contributed by atoms with van der Waals surface area (Å²) in [5, 5.41) is 8.97. The molecular formula is C32H33N5O3. The highest BCUT2D eigenvalue weighted by Crippen LogP contribution is 2.19. The molecule has 0 amide bonds. The van der Waals surface area contributed by atoms with Crippen LogP contribution in [-0.4, -0.2) is 74.3 Å². The fourth-order valence-corrected chi connectivity index (χ4v) is 4.99. The average molecular weight is 536 g/mol. The molecule has 0 spiro atoms. The summed E-state index contributed by atoms with van der Waals surface area (Å²) in [6.45, 7) is 6.13. The van der Waals surface area contributed by atoms with Crippen LogP contribution in [0.3, 0.4) is 0 Å². The molecule has 0 aliphatic carbocycles. The fourth-order valence-electron chi connectivity index (χ4n) is 4.99. The van der Waals surface area contributed by atoms with Gasteiger partial charge in [-0.25, -0.2) is 9.97 Å². The van der Waals surface area contributed by atoms with E-state index >= 15 is 0 Å². The number of aryl methyl sites for hydroxylation is 1. The molecule has 1 aliphatic rings. The summed E-state index contributed by atoms with van der Waals surface area (Å²) in [6.07, 6.45) is 6.22. The number of hydrogen-bond acceptors (Lipinski definition) is 7. The van der Waals surface area contributed by atoms with Crippen molar-refractivity contribution < 1.29 is 14.7 Å². The molecule has 0 atom stereocenters. The number of carbonyl (C=O) groups is 2. The van der Waals surface area contributed by atoms with Crippen molar-refractivity contribution in [2.24, 2.45) is 0 Å². The lowest BCUT2D eigenvalue weighted by Crippen LogP contribution is -2.47. The summed E-state index contributed by atoms with van der Waals surface area (Å²) in [7, 11) is 0. The largest absolute Gasteiger partial charge is 0.480 e. The van der Waals surface area contributed by atoms with Gasteiger partial charge in [0.25, 0.3) is 0 Å². The molecular weight excluding hydrogens is 502 g/mol. The summed E-state index contributed by atoms with van der Waals surface area (Å²) in [5.41, 5.74) is 6.85. The number of nitrogens with zero attached hydrogens (tertiary/aromatic N) is 5. The third-order valence-corrected chi connectivity index (χ3v) is 7.30. The molecule has 3 heterocycles. The van der Waals surface area contributed by atoms with Gasteiger partial charge < -0.3 is 5.11 Å². The number of carboxylic acids is 1. The molecule has 5 rings (SSSR count). The third kappa shape index (κ3) is 7.22. The van der Waals surface area contributed by atoms with Crippen LogP contribution in [0.15, 0.2) is 79.3 Å². The Balaban J connectivity index is 1.19. The zero-order valence-electron chi connectivity index (χ0n) is 22.7. The summed E-state index contributed by atoms with van der Waals surface area (Å²) in [6, 6.07) is 19.8. The molecule has 8 heteroatoms. The number of Topliss-reactive ketones (excluding diaryl/α,β-unsaturated/α-hetero) is 1. The van der Waals surface area contributed by atoms with Gasteiger partial charge in [0.05, 0.1) is 12.2 Å². The number of hydrogen-bond donors (Lipinski definition) is 1. The number of rotatable bonds is 10. The number of ketones is 1. The minimum absolute atomic E-state index is 0.0819. The summed E-state index contributed by atoms with van der Waals surface area (Å²) >= 11 is 0. The van der Waals surface area contributed by atoms with E-state index in [4.69, 9.17) is 10.1 Å². The maximum atomic E-state index is 13.1. The second-order valence-electron chi connectivity index (χ2n) is 10.3. The highest BCUT2D eigenvalue weighted by molar-refractivity contribution is 5.97. The second kappa shape index (κ2) is 12.7. The van der Waals surface area contributed by atoms with Crippen LogP contribution in [0.2, 0.25) is 0 Å². The summed E-state index contributed by atoms with van der Waals surface area (Å²) in [5.74, 6) is 0.0291. The maximum absolute atomic E-state index is 13.1. The SMILES string of the molecule is Cc1ccc(CC(=O)c2ccc(CN3CCN(CC(=O)O)CC3)cc2)cc1Cc1nccc(-c2cccnc2)n1. The van der Waals surface area contributed by atoms with E-state index in [1.807, 2.05) is 53.4 Å². The first-order valence-electron chi connectivity index (χ1n) is 13.5. The predicted molar refractivity (Wildman–Crippen MR) is 153 cm³/mol. The number of pyridine rings is 1. The molecule has 4 aromatic rings. The number of aliphatic carboxylic acids is 1. The third-order valence-electron chi connectivity index (χ3n) is 7.30. The van der Waals surface area contributed by atoms with Gasteiger partial charge >= 0.3 is 5.97 Å². The Morgan fingerprint density at radius 2 is 1.65 bits per heavy atom. The molecule has 1 N–H and O–H groups in total. The highest BCUT2D eigenvalue weighted by atomic mass is 16.4. The van der Waals surface area contributed by atoms with Crippen LogP contribution < -0.4 is 0 Å². The standard InChI is InChI=1S/C32H33N5O3/c1-23-4-5-25(17-28(23)19-31-34-12-10-29(35-31)27-3-2-11-33-20-27)18-30(38)26-8-6-24(7-9-26)21-36-13-15-37(16-14-36)22-32(39)40/h2-12,17,20H,13-16,18-19,21-22H2,1H3,(H,39,40). The minimum Gasteiger partial charge on any atom is -0.480 e. The van der Waals surface area contributed by atoms with Crippen LogP contribution in [0.5, 0.6) is 0 Å². The van der Waals surface area contributed by atoms with Crippen molar-refractivity contribution in [2.75, 3.05) is 32.7 Å². The first kappa shape index (κ1) is 27.3. The molecule has 1 saturated heterocycles. The van der Waals surface area contributed by atoms with Crippen molar-refractivity contribution in [1.82, 2.24) is 24.8 Å². The molecule has 1 aliphatic heterocycles. The van der Waals surface area contributed by atoms with Crippen LogP contribution in [0.1, 0.15) is 38.4 Å². The molecule has 2 aromatic carbocycles. The topological polar surface area (TPSA) is 99.5 Å². The molecule has 1 fully saturated rings. The van der Waals surface area contributed by atoms with Gasteiger partial charge in [-0.15, -0.1) is 0 Å². The van der Waals surface area contributed by atoms with Crippen LogP contribution in [0.4, 0.5) is 0 Å². The van der Waals surface area contributed by atoms with E-state index in [0.717, 1.165) is 72.1 Å². The van der Waals surface area contributed by atoms with E-state index in [1.165, 1.54) is 0 Å². The lowest BCUT2D eigenvalue weighted by Gasteiger charge is -2.33. The Kier molecular flexibility index (Phi) is 8.68. The summed E-state index contributed by atoms with van der Waals surface area (Å²) in [4.78, 5) is 41.7. The monoisotopic (exact) mass is 535 g/mol. The molecule has 8 nitrogen and oxygen atoms in total. The number of carboxylic acid groups (broad SMARTS) is 1. The quantitative estimate of drug-likeness (QED) is 0.304. The van der Waals surface area contributed by atoms with Gasteiger partial charge in [-0.2, -0.15) is 0 Å². The summed E-state index contributed by atoms with van der Waals surface area (Å²) < 4.78 is 0. The van der Waals surface area contributed by atoms with Crippen LogP contribution >= 0.6 is 0 Å². The number of aromatic nitrogens is 3. The van der Waals surface area contributed by atoms with Gasteiger partial charge in [0.2, 0.25) is 0 Å². The molecule has 0 unspecified atom stereocenters. The van der Waals surface area contributed by atoms with Gasteiger partial charge in [-0.05, 0) is 47.4 Å². The number of benzene rings is 2. The molecule has 2 aromatic heterocycles. The Morgan fingerprint density at radius 3 is 2.38 bits per heavy atom. The molecule has 0 saturated carbocycles. The van der Waals surface area contributed by atoms with Crippen molar-refractivity contribution in [1.29, 1.82) is 0 Å². The lowest BCUT2D eigenvalue weighted by molar-refractivity contribution is -0.138. The Hall–Kier alpha value is -4.27. The maximum Gasteiger partial charge on any atom is 0.317 e. The van der Waals surface area contributed by atoms with Crippen molar-refractivity contribution in [3.63, 3.8) is 0 Å². The van der Waals surface area contributed by atoms with E-state index in [0.29, 0.717) is 18.4 Å². The van der Waals surface area contributed by atoms with Crippen LogP contribution in [0.25, 0.3) is 11.3 Å².